The number of halogens is 2. The van der Waals surface area contributed by atoms with Gasteiger partial charge in [-0.3, -0.25) is 4.98 Å². The predicted molar refractivity (Wildman–Crippen MR) is 67.3 cm³/mol. The van der Waals surface area contributed by atoms with E-state index in [2.05, 4.69) is 20.9 Å². The summed E-state index contributed by atoms with van der Waals surface area (Å²) in [5, 5.41) is 0. The molecule has 2 nitrogen and oxygen atoms in total. The van der Waals surface area contributed by atoms with E-state index in [1.54, 1.807) is 6.20 Å². The lowest BCUT2D eigenvalue weighted by Crippen LogP contribution is -2.12. The molecule has 2 heterocycles. The number of pyridine rings is 1. The summed E-state index contributed by atoms with van der Waals surface area (Å²) in [6.45, 7) is 0. The second-order valence-corrected chi connectivity index (χ2v) is 5.59. The van der Waals surface area contributed by atoms with Gasteiger partial charge in [0.2, 0.25) is 0 Å². The standard InChI is InChI=1S/C10H8BrClN2S/c11-6-2-1-5-14-10(6)9(13)7-3-4-8(12)15-7/h1-5,9H,13H2. The summed E-state index contributed by atoms with van der Waals surface area (Å²) in [5.74, 6) is 0. The lowest BCUT2D eigenvalue weighted by Gasteiger charge is -2.10. The quantitative estimate of drug-likeness (QED) is 0.920. The lowest BCUT2D eigenvalue weighted by molar-refractivity contribution is 0.840. The Morgan fingerprint density at radius 3 is 2.80 bits per heavy atom. The number of hydrogen-bond donors (Lipinski definition) is 1. The van der Waals surface area contributed by atoms with Gasteiger partial charge in [-0.25, -0.2) is 0 Å². The van der Waals surface area contributed by atoms with Crippen LogP contribution in [0.15, 0.2) is 34.9 Å². The van der Waals surface area contributed by atoms with Gasteiger partial charge in [-0.1, -0.05) is 11.6 Å². The van der Waals surface area contributed by atoms with Crippen LogP contribution in [0, 0.1) is 0 Å². The molecule has 0 aliphatic heterocycles. The fourth-order valence-electron chi connectivity index (χ4n) is 1.26. The minimum atomic E-state index is -0.224. The lowest BCUT2D eigenvalue weighted by atomic mass is 10.2. The van der Waals surface area contributed by atoms with E-state index in [4.69, 9.17) is 17.3 Å². The maximum Gasteiger partial charge on any atom is 0.0931 e. The smallest absolute Gasteiger partial charge is 0.0931 e. The molecule has 78 valence electrons. The molecule has 0 aromatic carbocycles. The molecular formula is C10H8BrClN2S. The molecule has 0 spiro atoms. The van der Waals surface area contributed by atoms with Gasteiger partial charge < -0.3 is 5.73 Å². The number of rotatable bonds is 2. The zero-order chi connectivity index (χ0) is 10.8. The summed E-state index contributed by atoms with van der Waals surface area (Å²) in [6.07, 6.45) is 1.73. The third kappa shape index (κ3) is 2.39. The molecule has 2 aromatic heterocycles. The molecule has 0 bridgehead atoms. The number of nitrogens with two attached hydrogens (primary N) is 1. The first-order chi connectivity index (χ1) is 7.18. The summed E-state index contributed by atoms with van der Waals surface area (Å²) in [4.78, 5) is 5.27. The number of nitrogens with zero attached hydrogens (tertiary/aromatic N) is 1. The fraction of sp³-hybridized carbons (Fsp3) is 0.100. The second-order valence-electron chi connectivity index (χ2n) is 2.99. The van der Waals surface area contributed by atoms with E-state index < -0.39 is 0 Å². The largest absolute Gasteiger partial charge is 0.318 e. The molecule has 2 N–H and O–H groups in total. The average molecular weight is 304 g/mol. The van der Waals surface area contributed by atoms with Crippen molar-refractivity contribution in [3.8, 4) is 0 Å². The molecule has 0 fully saturated rings. The van der Waals surface area contributed by atoms with Gasteiger partial charge in [0.05, 0.1) is 16.1 Å². The topological polar surface area (TPSA) is 38.9 Å². The highest BCUT2D eigenvalue weighted by Crippen LogP contribution is 2.31. The van der Waals surface area contributed by atoms with Gasteiger partial charge >= 0.3 is 0 Å². The van der Waals surface area contributed by atoms with Crippen molar-refractivity contribution < 1.29 is 0 Å². The van der Waals surface area contributed by atoms with Gasteiger partial charge in [-0.2, -0.15) is 0 Å². The first kappa shape index (κ1) is 11.1. The van der Waals surface area contributed by atoms with Crippen LogP contribution in [-0.2, 0) is 0 Å². The zero-order valence-electron chi connectivity index (χ0n) is 7.65. The van der Waals surface area contributed by atoms with E-state index in [1.807, 2.05) is 24.3 Å². The van der Waals surface area contributed by atoms with Crippen LogP contribution in [0.3, 0.4) is 0 Å². The second kappa shape index (κ2) is 4.61. The summed E-state index contributed by atoms with van der Waals surface area (Å²) in [7, 11) is 0. The minimum absolute atomic E-state index is 0.224. The van der Waals surface area contributed by atoms with Gasteiger partial charge in [0, 0.05) is 15.5 Å². The third-order valence-electron chi connectivity index (χ3n) is 1.98. The molecule has 0 saturated heterocycles. The van der Waals surface area contributed by atoms with E-state index in [0.717, 1.165) is 19.4 Å². The molecule has 1 atom stereocenters. The Balaban J connectivity index is 2.36. The summed E-state index contributed by atoms with van der Waals surface area (Å²) >= 11 is 10.8. The first-order valence-electron chi connectivity index (χ1n) is 4.29. The summed E-state index contributed by atoms with van der Waals surface area (Å²) in [5.41, 5.74) is 6.92. The van der Waals surface area contributed by atoms with E-state index >= 15 is 0 Å². The molecule has 0 aliphatic rings. The van der Waals surface area contributed by atoms with Gasteiger partial charge in [0.25, 0.3) is 0 Å². The van der Waals surface area contributed by atoms with Crippen molar-refractivity contribution in [2.75, 3.05) is 0 Å². The maximum absolute atomic E-state index is 6.09. The van der Waals surface area contributed by atoms with Crippen molar-refractivity contribution in [3.63, 3.8) is 0 Å². The molecule has 0 amide bonds. The van der Waals surface area contributed by atoms with Crippen molar-refractivity contribution in [1.29, 1.82) is 0 Å². The Morgan fingerprint density at radius 1 is 1.40 bits per heavy atom. The van der Waals surface area contributed by atoms with Crippen molar-refractivity contribution in [3.05, 3.63) is 49.8 Å². The number of aromatic nitrogens is 1. The van der Waals surface area contributed by atoms with E-state index in [9.17, 15) is 0 Å². The first-order valence-corrected chi connectivity index (χ1v) is 6.28. The van der Waals surface area contributed by atoms with Gasteiger partial charge in [0.1, 0.15) is 0 Å². The highest BCUT2D eigenvalue weighted by molar-refractivity contribution is 9.10. The van der Waals surface area contributed by atoms with E-state index in [0.29, 0.717) is 0 Å². The molecule has 0 radical (unpaired) electrons. The van der Waals surface area contributed by atoms with Crippen molar-refractivity contribution in [1.82, 2.24) is 4.98 Å². The minimum Gasteiger partial charge on any atom is -0.318 e. The summed E-state index contributed by atoms with van der Waals surface area (Å²) in [6, 6.07) is 7.34. The molecule has 0 aliphatic carbocycles. The normalized spacial score (nSPS) is 12.7. The molecule has 1 unspecified atom stereocenters. The van der Waals surface area contributed by atoms with Gasteiger partial charge in [-0.05, 0) is 40.2 Å². The van der Waals surface area contributed by atoms with Crippen LogP contribution in [0.25, 0.3) is 0 Å². The Kier molecular flexibility index (Phi) is 3.41. The average Bonchev–Trinajstić information content (AvgIpc) is 2.65. The molecule has 2 aromatic rings. The molecular weight excluding hydrogens is 296 g/mol. The monoisotopic (exact) mass is 302 g/mol. The van der Waals surface area contributed by atoms with Gasteiger partial charge in [0.15, 0.2) is 0 Å². The maximum atomic E-state index is 6.09. The molecule has 5 heteroatoms. The Morgan fingerprint density at radius 2 is 2.20 bits per heavy atom. The molecule has 2 rings (SSSR count). The highest BCUT2D eigenvalue weighted by Gasteiger charge is 2.14. The van der Waals surface area contributed by atoms with Crippen LogP contribution in [0.5, 0.6) is 0 Å². The highest BCUT2D eigenvalue weighted by atomic mass is 79.9. The van der Waals surface area contributed by atoms with Crippen LogP contribution in [0.4, 0.5) is 0 Å². The van der Waals surface area contributed by atoms with Crippen molar-refractivity contribution in [2.45, 2.75) is 6.04 Å². The van der Waals surface area contributed by atoms with Crippen LogP contribution in [-0.4, -0.2) is 4.98 Å². The van der Waals surface area contributed by atoms with Crippen molar-refractivity contribution in [2.24, 2.45) is 5.73 Å². The Labute approximate surface area is 105 Å². The Bertz CT molecular complexity index is 472. The van der Waals surface area contributed by atoms with Crippen LogP contribution in [0.1, 0.15) is 16.6 Å². The van der Waals surface area contributed by atoms with Crippen LogP contribution in [0.2, 0.25) is 4.34 Å². The van der Waals surface area contributed by atoms with Crippen molar-refractivity contribution >= 4 is 38.9 Å². The predicted octanol–water partition coefficient (Wildman–Crippen LogP) is 3.61. The summed E-state index contributed by atoms with van der Waals surface area (Å²) < 4.78 is 1.66. The SMILES string of the molecule is NC(c1ccc(Cl)s1)c1ncccc1Br. The van der Waals surface area contributed by atoms with Crippen LogP contribution >= 0.6 is 38.9 Å². The van der Waals surface area contributed by atoms with E-state index in [-0.39, 0.29) is 6.04 Å². The number of hydrogen-bond acceptors (Lipinski definition) is 3. The third-order valence-corrected chi connectivity index (χ3v) is 3.97. The molecule has 15 heavy (non-hydrogen) atoms. The van der Waals surface area contributed by atoms with E-state index in [1.165, 1.54) is 11.3 Å². The zero-order valence-corrected chi connectivity index (χ0v) is 10.8. The Hall–Kier alpha value is -0.420. The number of thiophene rings is 1. The molecule has 0 saturated carbocycles. The van der Waals surface area contributed by atoms with Gasteiger partial charge in [-0.15, -0.1) is 11.3 Å². The van der Waals surface area contributed by atoms with Crippen LogP contribution < -0.4 is 5.73 Å². The fourth-order valence-corrected chi connectivity index (χ4v) is 2.82.